The van der Waals surface area contributed by atoms with Crippen LogP contribution in [-0.2, 0) is 20.0 Å². The van der Waals surface area contributed by atoms with Gasteiger partial charge in [-0.05, 0) is 12.1 Å². The largest absolute Gasteiger partial charge is 0.338 e. The number of carbonyl (C=O) groups is 1. The lowest BCUT2D eigenvalue weighted by Crippen LogP contribution is -2.23. The molecule has 1 amide bonds. The highest BCUT2D eigenvalue weighted by Gasteiger charge is 2.24. The second kappa shape index (κ2) is 6.11. The van der Waals surface area contributed by atoms with E-state index in [1.807, 2.05) is 20.8 Å². The summed E-state index contributed by atoms with van der Waals surface area (Å²) in [5.74, 6) is -2.57. The number of anilines is 1. The predicted octanol–water partition coefficient (Wildman–Crippen LogP) is 2.52. The zero-order valence-electron chi connectivity index (χ0n) is 13.0. The molecule has 23 heavy (non-hydrogen) atoms. The third kappa shape index (κ3) is 4.16. The number of hydrogen-bond acceptors (Lipinski definition) is 5. The maximum absolute atomic E-state index is 13.6. The highest BCUT2D eigenvalue weighted by atomic mass is 32.2. The third-order valence-electron chi connectivity index (χ3n) is 3.03. The van der Waals surface area contributed by atoms with E-state index in [2.05, 4.69) is 10.5 Å². The van der Waals surface area contributed by atoms with Gasteiger partial charge in [0.25, 0.3) is 0 Å². The second-order valence-electron chi connectivity index (χ2n) is 6.06. The maximum Gasteiger partial charge on any atom is 0.242 e. The van der Waals surface area contributed by atoms with Crippen LogP contribution in [0.3, 0.4) is 0 Å². The first-order valence-corrected chi connectivity index (χ1v) is 8.49. The average molecular weight is 340 g/mol. The quantitative estimate of drug-likeness (QED) is 0.924. The molecule has 0 radical (unpaired) electrons. The molecular formula is C15H17FN2O4S. The van der Waals surface area contributed by atoms with Gasteiger partial charge in [-0.15, -0.1) is 0 Å². The number of carbonyl (C=O) groups excluding carboxylic acids is 1. The zero-order valence-corrected chi connectivity index (χ0v) is 13.8. The minimum atomic E-state index is -4.08. The van der Waals surface area contributed by atoms with E-state index < -0.39 is 32.2 Å². The van der Waals surface area contributed by atoms with Gasteiger partial charge in [0.05, 0.1) is 5.69 Å². The van der Waals surface area contributed by atoms with Gasteiger partial charge in [0, 0.05) is 11.5 Å². The number of nitrogens with one attached hydrogen (secondary N) is 1. The molecule has 124 valence electrons. The molecule has 1 aromatic carbocycles. The van der Waals surface area contributed by atoms with Crippen molar-refractivity contribution in [1.29, 1.82) is 0 Å². The fourth-order valence-corrected chi connectivity index (χ4v) is 3.03. The Morgan fingerprint density at radius 1 is 1.30 bits per heavy atom. The Labute approximate surface area is 133 Å². The molecule has 0 bridgehead atoms. The second-order valence-corrected chi connectivity index (χ2v) is 8.02. The molecule has 0 unspecified atom stereocenters. The summed E-state index contributed by atoms with van der Waals surface area (Å²) < 4.78 is 42.7. The van der Waals surface area contributed by atoms with Crippen molar-refractivity contribution >= 4 is 21.6 Å². The van der Waals surface area contributed by atoms with Crippen molar-refractivity contribution in [2.24, 2.45) is 0 Å². The predicted molar refractivity (Wildman–Crippen MR) is 82.3 cm³/mol. The van der Waals surface area contributed by atoms with Crippen LogP contribution in [0.4, 0.5) is 10.3 Å². The summed E-state index contributed by atoms with van der Waals surface area (Å²) in [7, 11) is -4.08. The van der Waals surface area contributed by atoms with Crippen molar-refractivity contribution in [3.63, 3.8) is 0 Å². The molecule has 0 aliphatic carbocycles. The number of benzene rings is 1. The fourth-order valence-electron chi connectivity index (χ4n) is 1.81. The van der Waals surface area contributed by atoms with Crippen LogP contribution >= 0.6 is 0 Å². The van der Waals surface area contributed by atoms with Gasteiger partial charge >= 0.3 is 0 Å². The van der Waals surface area contributed by atoms with Gasteiger partial charge in [-0.25, -0.2) is 12.8 Å². The van der Waals surface area contributed by atoms with Gasteiger partial charge in [-0.1, -0.05) is 38.1 Å². The summed E-state index contributed by atoms with van der Waals surface area (Å²) in [6.45, 7) is 5.75. The van der Waals surface area contributed by atoms with Gasteiger partial charge in [0.15, 0.2) is 9.84 Å². The molecule has 0 aliphatic heterocycles. The lowest BCUT2D eigenvalue weighted by Gasteiger charge is -2.12. The van der Waals surface area contributed by atoms with Crippen LogP contribution in [0.25, 0.3) is 0 Å². The number of hydrogen-bond donors (Lipinski definition) is 1. The molecule has 0 atom stereocenters. The summed E-state index contributed by atoms with van der Waals surface area (Å²) >= 11 is 0. The average Bonchev–Trinajstić information content (AvgIpc) is 2.86. The Kier molecular flexibility index (Phi) is 4.56. The number of nitrogens with zero attached hydrogens (tertiary/aromatic N) is 1. The van der Waals surface area contributed by atoms with Crippen molar-refractivity contribution in [3.05, 3.63) is 41.8 Å². The molecular weight excluding hydrogens is 323 g/mol. The Balaban J connectivity index is 2.11. The lowest BCUT2D eigenvalue weighted by molar-refractivity contribution is -0.114. The number of rotatable bonds is 4. The summed E-state index contributed by atoms with van der Waals surface area (Å²) in [6.07, 6.45) is 0. The SMILES string of the molecule is CC(C)(C)c1cc(NC(=O)CS(=O)(=O)c2ccccc2F)on1. The van der Waals surface area contributed by atoms with E-state index in [-0.39, 0.29) is 11.3 Å². The van der Waals surface area contributed by atoms with E-state index in [1.54, 1.807) is 0 Å². The molecule has 6 nitrogen and oxygen atoms in total. The Hall–Kier alpha value is -2.22. The smallest absolute Gasteiger partial charge is 0.242 e. The number of sulfone groups is 1. The van der Waals surface area contributed by atoms with Crippen LogP contribution < -0.4 is 5.32 Å². The van der Waals surface area contributed by atoms with E-state index in [0.717, 1.165) is 12.1 Å². The minimum Gasteiger partial charge on any atom is -0.338 e. The van der Waals surface area contributed by atoms with Crippen molar-refractivity contribution in [2.45, 2.75) is 31.1 Å². The van der Waals surface area contributed by atoms with Crippen molar-refractivity contribution in [1.82, 2.24) is 5.16 Å². The van der Waals surface area contributed by atoms with Crippen LogP contribution in [-0.4, -0.2) is 25.2 Å². The Bertz CT molecular complexity index is 822. The molecule has 1 aromatic heterocycles. The van der Waals surface area contributed by atoms with Gasteiger partial charge in [-0.2, -0.15) is 0 Å². The van der Waals surface area contributed by atoms with E-state index in [1.165, 1.54) is 18.2 Å². The summed E-state index contributed by atoms with van der Waals surface area (Å²) in [6, 6.07) is 6.42. The summed E-state index contributed by atoms with van der Waals surface area (Å²) in [4.78, 5) is 11.4. The van der Waals surface area contributed by atoms with Crippen molar-refractivity contribution in [2.75, 3.05) is 11.1 Å². The monoisotopic (exact) mass is 340 g/mol. The number of halogens is 1. The van der Waals surface area contributed by atoms with E-state index in [4.69, 9.17) is 4.52 Å². The van der Waals surface area contributed by atoms with Crippen LogP contribution in [0.5, 0.6) is 0 Å². The van der Waals surface area contributed by atoms with Crippen LogP contribution in [0.2, 0.25) is 0 Å². The lowest BCUT2D eigenvalue weighted by atomic mass is 9.92. The van der Waals surface area contributed by atoms with Crippen molar-refractivity contribution < 1.29 is 22.1 Å². The van der Waals surface area contributed by atoms with Gasteiger partial charge in [-0.3, -0.25) is 10.1 Å². The first kappa shape index (κ1) is 17.1. The molecule has 1 N–H and O–H groups in total. The van der Waals surface area contributed by atoms with Gasteiger partial charge < -0.3 is 4.52 Å². The Morgan fingerprint density at radius 3 is 2.52 bits per heavy atom. The topological polar surface area (TPSA) is 89.3 Å². The molecule has 0 fully saturated rings. The van der Waals surface area contributed by atoms with Crippen LogP contribution in [0.1, 0.15) is 26.5 Å². The molecule has 1 heterocycles. The van der Waals surface area contributed by atoms with E-state index in [9.17, 15) is 17.6 Å². The fraction of sp³-hybridized carbons (Fsp3) is 0.333. The van der Waals surface area contributed by atoms with Crippen molar-refractivity contribution in [3.8, 4) is 0 Å². The summed E-state index contributed by atoms with van der Waals surface area (Å²) in [5, 5.41) is 6.12. The Morgan fingerprint density at radius 2 is 1.96 bits per heavy atom. The van der Waals surface area contributed by atoms with Gasteiger partial charge in [0.1, 0.15) is 16.5 Å². The van der Waals surface area contributed by atoms with E-state index in [0.29, 0.717) is 5.69 Å². The standard InChI is InChI=1S/C15H17FN2O4S/c1-15(2,3)12-8-14(22-18-12)17-13(19)9-23(20,21)11-7-5-4-6-10(11)16/h4-8H,9H2,1-3H3,(H,17,19). The van der Waals surface area contributed by atoms with E-state index >= 15 is 0 Å². The molecule has 0 saturated carbocycles. The number of aromatic nitrogens is 1. The third-order valence-corrected chi connectivity index (χ3v) is 4.68. The highest BCUT2D eigenvalue weighted by molar-refractivity contribution is 7.92. The van der Waals surface area contributed by atoms with Crippen LogP contribution in [0.15, 0.2) is 39.8 Å². The first-order valence-electron chi connectivity index (χ1n) is 6.84. The number of amides is 1. The molecule has 2 rings (SSSR count). The summed E-state index contributed by atoms with van der Waals surface area (Å²) in [5.41, 5.74) is 0.343. The molecule has 2 aromatic rings. The zero-order chi connectivity index (χ0) is 17.3. The molecule has 8 heteroatoms. The maximum atomic E-state index is 13.6. The minimum absolute atomic E-state index is 0.0451. The highest BCUT2D eigenvalue weighted by Crippen LogP contribution is 2.23. The molecule has 0 aliphatic rings. The molecule has 0 spiro atoms. The molecule has 0 saturated heterocycles. The first-order chi connectivity index (χ1) is 10.6. The van der Waals surface area contributed by atoms with Gasteiger partial charge in [0.2, 0.25) is 11.8 Å². The van der Waals surface area contributed by atoms with Crippen LogP contribution in [0, 0.1) is 5.82 Å². The normalized spacial score (nSPS) is 12.2.